The molecule has 74 valence electrons. The number of fused-ring (bicyclic) bond motifs is 1. The molecule has 2 fully saturated rings. The average molecular weight is 185 g/mol. The zero-order chi connectivity index (χ0) is 9.42. The Labute approximate surface area is 77.3 Å². The molecule has 1 heterocycles. The molecule has 0 aromatic rings. The predicted octanol–water partition coefficient (Wildman–Crippen LogP) is -0.624. The van der Waals surface area contributed by atoms with Crippen LogP contribution in [0.2, 0.25) is 0 Å². The van der Waals surface area contributed by atoms with Crippen LogP contribution in [0, 0.1) is 17.8 Å². The number of methoxy groups -OCH3 is 1. The molecule has 2 N–H and O–H groups in total. The van der Waals surface area contributed by atoms with Crippen molar-refractivity contribution in [1.82, 2.24) is 5.32 Å². The van der Waals surface area contributed by atoms with E-state index >= 15 is 0 Å². The van der Waals surface area contributed by atoms with Crippen molar-refractivity contribution < 1.29 is 14.6 Å². The Hall–Kier alpha value is -0.610. The van der Waals surface area contributed by atoms with Gasteiger partial charge in [0.1, 0.15) is 0 Å². The predicted molar refractivity (Wildman–Crippen MR) is 46.0 cm³/mol. The van der Waals surface area contributed by atoms with E-state index in [0.717, 1.165) is 13.0 Å². The Morgan fingerprint density at radius 3 is 3.08 bits per heavy atom. The molecule has 4 atom stereocenters. The number of carbonyl (C=O) groups excluding carboxylic acids is 1. The molecule has 0 aromatic heterocycles. The summed E-state index contributed by atoms with van der Waals surface area (Å²) in [5.41, 5.74) is 0. The number of amides is 1. The fourth-order valence-electron chi connectivity index (χ4n) is 2.67. The number of hydrogen-bond acceptors (Lipinski definition) is 3. The van der Waals surface area contributed by atoms with Crippen LogP contribution in [-0.2, 0) is 9.53 Å². The van der Waals surface area contributed by atoms with Gasteiger partial charge in [0.05, 0.1) is 12.0 Å². The Morgan fingerprint density at radius 2 is 2.46 bits per heavy atom. The first kappa shape index (κ1) is 8.97. The third-order valence-electron chi connectivity index (χ3n) is 3.28. The zero-order valence-electron chi connectivity index (χ0n) is 7.69. The Morgan fingerprint density at radius 1 is 1.69 bits per heavy atom. The van der Waals surface area contributed by atoms with Crippen LogP contribution in [0.25, 0.3) is 0 Å². The van der Waals surface area contributed by atoms with Crippen molar-refractivity contribution in [2.75, 3.05) is 20.3 Å². The Kier molecular flexibility index (Phi) is 2.26. The quantitative estimate of drug-likeness (QED) is 0.602. The van der Waals surface area contributed by atoms with Crippen molar-refractivity contribution in [2.24, 2.45) is 17.8 Å². The lowest BCUT2D eigenvalue weighted by atomic mass is 9.98. The van der Waals surface area contributed by atoms with Crippen molar-refractivity contribution in [3.63, 3.8) is 0 Å². The SMILES string of the molecule is CO[C@@H]1[C@H](CO)C[C@@H]2CNC(=O)[C@@H]21. The van der Waals surface area contributed by atoms with Gasteiger partial charge in [0.15, 0.2) is 0 Å². The molecule has 2 rings (SSSR count). The number of aliphatic hydroxyl groups excluding tert-OH is 1. The molecule has 0 unspecified atom stereocenters. The van der Waals surface area contributed by atoms with Crippen molar-refractivity contribution in [2.45, 2.75) is 12.5 Å². The van der Waals surface area contributed by atoms with Crippen LogP contribution in [0.4, 0.5) is 0 Å². The van der Waals surface area contributed by atoms with Gasteiger partial charge in [0.2, 0.25) is 5.91 Å². The van der Waals surface area contributed by atoms with E-state index < -0.39 is 0 Å². The standard InChI is InChI=1S/C9H15NO3/c1-13-8-6(4-11)2-5-3-10-9(12)7(5)8/h5-8,11H,2-4H2,1H3,(H,10,12)/t5-,6+,7+,8-/m1/s1. The molecule has 1 amide bonds. The monoisotopic (exact) mass is 185 g/mol. The number of ether oxygens (including phenoxy) is 1. The molecule has 1 aliphatic heterocycles. The molecule has 0 aromatic carbocycles. The lowest BCUT2D eigenvalue weighted by Gasteiger charge is -2.19. The van der Waals surface area contributed by atoms with Crippen LogP contribution in [0.1, 0.15) is 6.42 Å². The second-order valence-electron chi connectivity index (χ2n) is 3.91. The highest BCUT2D eigenvalue weighted by Crippen LogP contribution is 2.40. The van der Waals surface area contributed by atoms with Crippen LogP contribution in [0.3, 0.4) is 0 Å². The van der Waals surface area contributed by atoms with E-state index in [4.69, 9.17) is 9.84 Å². The third kappa shape index (κ3) is 1.25. The summed E-state index contributed by atoms with van der Waals surface area (Å²) in [5.74, 6) is 0.579. The number of nitrogens with one attached hydrogen (secondary N) is 1. The van der Waals surface area contributed by atoms with Gasteiger partial charge >= 0.3 is 0 Å². The molecule has 0 radical (unpaired) electrons. The van der Waals surface area contributed by atoms with Crippen molar-refractivity contribution in [1.29, 1.82) is 0 Å². The maximum atomic E-state index is 11.4. The number of rotatable bonds is 2. The second-order valence-corrected chi connectivity index (χ2v) is 3.91. The van der Waals surface area contributed by atoms with E-state index in [1.165, 1.54) is 0 Å². The lowest BCUT2D eigenvalue weighted by Crippen LogP contribution is -2.33. The molecule has 2 aliphatic rings. The van der Waals surface area contributed by atoms with E-state index in [1.807, 2.05) is 0 Å². The van der Waals surface area contributed by atoms with Gasteiger partial charge in [-0.25, -0.2) is 0 Å². The van der Waals surface area contributed by atoms with E-state index in [9.17, 15) is 4.79 Å². The highest BCUT2D eigenvalue weighted by molar-refractivity contribution is 5.82. The topological polar surface area (TPSA) is 58.6 Å². The maximum Gasteiger partial charge on any atom is 0.226 e. The van der Waals surface area contributed by atoms with E-state index in [2.05, 4.69) is 5.32 Å². The van der Waals surface area contributed by atoms with Gasteiger partial charge < -0.3 is 15.2 Å². The third-order valence-corrected chi connectivity index (χ3v) is 3.28. The van der Waals surface area contributed by atoms with Crippen LogP contribution >= 0.6 is 0 Å². The molecule has 0 bridgehead atoms. The fourth-order valence-corrected chi connectivity index (χ4v) is 2.67. The largest absolute Gasteiger partial charge is 0.396 e. The normalized spacial score (nSPS) is 43.4. The summed E-state index contributed by atoms with van der Waals surface area (Å²) in [6, 6.07) is 0. The number of carbonyl (C=O) groups is 1. The minimum atomic E-state index is -0.0856. The molecular formula is C9H15NO3. The smallest absolute Gasteiger partial charge is 0.226 e. The Bertz CT molecular complexity index is 219. The summed E-state index contributed by atoms with van der Waals surface area (Å²) in [6.07, 6.45) is 0.816. The van der Waals surface area contributed by atoms with Gasteiger partial charge in [0, 0.05) is 26.2 Å². The van der Waals surface area contributed by atoms with Crippen LogP contribution < -0.4 is 5.32 Å². The minimum Gasteiger partial charge on any atom is -0.396 e. The molecular weight excluding hydrogens is 170 g/mol. The summed E-state index contributed by atoms with van der Waals surface area (Å²) in [5, 5.41) is 11.9. The van der Waals surface area contributed by atoms with Gasteiger partial charge in [-0.05, 0) is 12.3 Å². The van der Waals surface area contributed by atoms with E-state index in [1.54, 1.807) is 7.11 Å². The summed E-state index contributed by atoms with van der Waals surface area (Å²) < 4.78 is 5.28. The van der Waals surface area contributed by atoms with Gasteiger partial charge in [-0.15, -0.1) is 0 Å². The first-order valence-electron chi connectivity index (χ1n) is 4.69. The van der Waals surface area contributed by atoms with Gasteiger partial charge in [0.25, 0.3) is 0 Å². The zero-order valence-corrected chi connectivity index (χ0v) is 7.69. The van der Waals surface area contributed by atoms with Crippen LogP contribution in [0.5, 0.6) is 0 Å². The van der Waals surface area contributed by atoms with Crippen molar-refractivity contribution in [3.05, 3.63) is 0 Å². The van der Waals surface area contributed by atoms with Gasteiger partial charge in [-0.1, -0.05) is 0 Å². The highest BCUT2D eigenvalue weighted by atomic mass is 16.5. The van der Waals surface area contributed by atoms with E-state index in [-0.39, 0.29) is 30.5 Å². The van der Waals surface area contributed by atoms with Gasteiger partial charge in [-0.2, -0.15) is 0 Å². The van der Waals surface area contributed by atoms with E-state index in [0.29, 0.717) is 5.92 Å². The average Bonchev–Trinajstić information content (AvgIpc) is 2.65. The highest BCUT2D eigenvalue weighted by Gasteiger charge is 2.50. The fraction of sp³-hybridized carbons (Fsp3) is 0.889. The molecule has 4 nitrogen and oxygen atoms in total. The molecule has 13 heavy (non-hydrogen) atoms. The molecule has 1 aliphatic carbocycles. The number of aliphatic hydroxyl groups is 1. The molecule has 0 spiro atoms. The van der Waals surface area contributed by atoms with Crippen LogP contribution in [-0.4, -0.2) is 37.4 Å². The minimum absolute atomic E-state index is 0.0258. The molecule has 1 saturated carbocycles. The van der Waals surface area contributed by atoms with Crippen molar-refractivity contribution in [3.8, 4) is 0 Å². The van der Waals surface area contributed by atoms with Gasteiger partial charge in [-0.3, -0.25) is 4.79 Å². The number of hydrogen-bond donors (Lipinski definition) is 2. The van der Waals surface area contributed by atoms with Crippen molar-refractivity contribution >= 4 is 5.91 Å². The maximum absolute atomic E-state index is 11.4. The summed E-state index contributed by atoms with van der Waals surface area (Å²) >= 11 is 0. The molecule has 1 saturated heterocycles. The van der Waals surface area contributed by atoms with Crippen LogP contribution in [0.15, 0.2) is 0 Å². The Balaban J connectivity index is 2.15. The summed E-state index contributed by atoms with van der Waals surface area (Å²) in [6.45, 7) is 0.874. The first-order valence-corrected chi connectivity index (χ1v) is 4.69. The summed E-state index contributed by atoms with van der Waals surface area (Å²) in [7, 11) is 1.61. The molecule has 4 heteroatoms. The summed E-state index contributed by atoms with van der Waals surface area (Å²) in [4.78, 5) is 11.4. The second kappa shape index (κ2) is 3.27. The lowest BCUT2D eigenvalue weighted by molar-refractivity contribution is -0.126. The first-order chi connectivity index (χ1) is 6.27.